The Morgan fingerprint density at radius 2 is 1.92 bits per heavy atom. The number of allylic oxidation sites excluding steroid dienone is 2. The number of carbonyl (C=O) groups excluding carboxylic acids is 1. The molecule has 0 spiro atoms. The molecule has 2 rings (SSSR count). The molecule has 0 aromatic carbocycles. The lowest BCUT2D eigenvalue weighted by Crippen LogP contribution is -2.52. The van der Waals surface area contributed by atoms with Crippen LogP contribution in [0.3, 0.4) is 0 Å². The Bertz CT molecular complexity index is 621. The number of piperazine rings is 1. The van der Waals surface area contributed by atoms with Gasteiger partial charge in [0.1, 0.15) is 11.4 Å². The van der Waals surface area contributed by atoms with Crippen LogP contribution in [0.2, 0.25) is 0 Å². The van der Waals surface area contributed by atoms with E-state index in [0.717, 1.165) is 41.8 Å². The lowest BCUT2D eigenvalue weighted by atomic mass is 10.0. The molecule has 0 radical (unpaired) electrons. The summed E-state index contributed by atoms with van der Waals surface area (Å²) in [6.45, 7) is 14.5. The van der Waals surface area contributed by atoms with Crippen LogP contribution in [0.5, 0.6) is 0 Å². The second-order valence-corrected chi connectivity index (χ2v) is 8.40. The smallest absolute Gasteiger partial charge is 0.410 e. The lowest BCUT2D eigenvalue weighted by molar-refractivity contribution is 0.0187. The van der Waals surface area contributed by atoms with Gasteiger partial charge in [0.2, 0.25) is 0 Å². The number of amidine groups is 1. The van der Waals surface area contributed by atoms with E-state index in [2.05, 4.69) is 39.3 Å². The second-order valence-electron chi connectivity index (χ2n) is 7.38. The van der Waals surface area contributed by atoms with Crippen molar-refractivity contribution in [1.29, 1.82) is 0 Å². The molecule has 0 bridgehead atoms. The van der Waals surface area contributed by atoms with Gasteiger partial charge in [0.05, 0.1) is 0 Å². The average Bonchev–Trinajstić information content (AvgIpc) is 2.53. The first-order chi connectivity index (χ1) is 11.7. The van der Waals surface area contributed by atoms with Crippen molar-refractivity contribution in [1.82, 2.24) is 9.80 Å². The molecule has 0 unspecified atom stereocenters. The van der Waals surface area contributed by atoms with Gasteiger partial charge in [-0.05, 0) is 40.5 Å². The van der Waals surface area contributed by atoms with Crippen molar-refractivity contribution in [3.63, 3.8) is 0 Å². The summed E-state index contributed by atoms with van der Waals surface area (Å²) in [5.41, 5.74) is 1.92. The molecule has 0 saturated carbocycles. The van der Waals surface area contributed by atoms with Gasteiger partial charge in [0, 0.05) is 42.4 Å². The number of halogens is 1. The summed E-state index contributed by atoms with van der Waals surface area (Å²) in [5, 5.41) is 0. The summed E-state index contributed by atoms with van der Waals surface area (Å²) in [6.07, 6.45) is 5.46. The van der Waals surface area contributed by atoms with Crippen molar-refractivity contribution < 1.29 is 9.53 Å². The predicted octanol–water partition coefficient (Wildman–Crippen LogP) is 4.47. The number of nitrogens with zero attached hydrogens (tertiary/aromatic N) is 3. The average molecular weight is 410 g/mol. The van der Waals surface area contributed by atoms with Crippen molar-refractivity contribution in [2.24, 2.45) is 4.99 Å². The number of aliphatic imine (C=N–C) groups is 1. The highest BCUT2D eigenvalue weighted by molar-refractivity contribution is 9.11. The quantitative estimate of drug-likeness (QED) is 0.641. The lowest BCUT2D eigenvalue weighted by Gasteiger charge is -2.37. The van der Waals surface area contributed by atoms with E-state index < -0.39 is 5.60 Å². The molecular formula is C19H28BrN3O2. The normalized spacial score (nSPS) is 21.8. The minimum absolute atomic E-state index is 0.245. The van der Waals surface area contributed by atoms with Crippen LogP contribution in [-0.4, -0.2) is 53.5 Å². The molecule has 6 heteroatoms. The van der Waals surface area contributed by atoms with Crippen LogP contribution in [0, 0.1) is 0 Å². The molecule has 2 aliphatic heterocycles. The second kappa shape index (κ2) is 8.21. The first kappa shape index (κ1) is 19.8. The Balaban J connectivity index is 2.11. The number of hydrogen-bond donors (Lipinski definition) is 0. The summed E-state index contributed by atoms with van der Waals surface area (Å²) >= 11 is 3.57. The third kappa shape index (κ3) is 5.46. The zero-order valence-corrected chi connectivity index (χ0v) is 17.2. The predicted molar refractivity (Wildman–Crippen MR) is 106 cm³/mol. The van der Waals surface area contributed by atoms with Gasteiger partial charge in [-0.15, -0.1) is 0 Å². The fraction of sp³-hybridized carbons (Fsp3) is 0.579. The highest BCUT2D eigenvalue weighted by atomic mass is 79.9. The van der Waals surface area contributed by atoms with E-state index in [4.69, 9.17) is 4.74 Å². The number of hydrogen-bond acceptors (Lipinski definition) is 4. The molecule has 0 aliphatic carbocycles. The van der Waals surface area contributed by atoms with Crippen LogP contribution in [0.1, 0.15) is 40.5 Å². The molecule has 138 valence electrons. The van der Waals surface area contributed by atoms with E-state index in [1.165, 1.54) is 5.57 Å². The number of rotatable bonds is 1. The molecular weight excluding hydrogens is 382 g/mol. The standard InChI is InChI=1S/C19H28BrN3O2/c1-6-16-14(2)7-8-15(20)13-21-17(16)22-9-11-23(12-10-22)18(24)25-19(3,4)5/h6,13H,1,7-12H2,2-5H3/b15-13-,16-14?,21-17?. The van der Waals surface area contributed by atoms with Gasteiger partial charge in [0.25, 0.3) is 0 Å². The highest BCUT2D eigenvalue weighted by Crippen LogP contribution is 2.24. The van der Waals surface area contributed by atoms with E-state index in [9.17, 15) is 4.79 Å². The van der Waals surface area contributed by atoms with E-state index >= 15 is 0 Å². The molecule has 0 N–H and O–H groups in total. The number of amides is 1. The van der Waals surface area contributed by atoms with Crippen molar-refractivity contribution in [3.8, 4) is 0 Å². The van der Waals surface area contributed by atoms with E-state index in [-0.39, 0.29) is 6.09 Å². The number of carbonyl (C=O) groups is 1. The maximum atomic E-state index is 12.2. The molecule has 0 atom stereocenters. The molecule has 1 saturated heterocycles. The van der Waals surface area contributed by atoms with Gasteiger partial charge in [-0.1, -0.05) is 34.2 Å². The Morgan fingerprint density at radius 1 is 1.28 bits per heavy atom. The summed E-state index contributed by atoms with van der Waals surface area (Å²) in [6, 6.07) is 0. The first-order valence-corrected chi connectivity index (χ1v) is 9.48. The molecule has 0 aromatic heterocycles. The summed E-state index contributed by atoms with van der Waals surface area (Å²) in [5.74, 6) is 0.938. The van der Waals surface area contributed by atoms with E-state index in [1.54, 1.807) is 4.90 Å². The maximum Gasteiger partial charge on any atom is 0.410 e. The van der Waals surface area contributed by atoms with Crippen molar-refractivity contribution in [3.05, 3.63) is 34.5 Å². The van der Waals surface area contributed by atoms with Gasteiger partial charge >= 0.3 is 6.09 Å². The molecule has 1 fully saturated rings. The zero-order chi connectivity index (χ0) is 18.6. The zero-order valence-electron chi connectivity index (χ0n) is 15.6. The number of ether oxygens (including phenoxy) is 1. The van der Waals surface area contributed by atoms with Crippen LogP contribution in [0.4, 0.5) is 4.79 Å². The minimum atomic E-state index is -0.467. The Labute approximate surface area is 159 Å². The van der Waals surface area contributed by atoms with Crippen molar-refractivity contribution in [2.45, 2.75) is 46.1 Å². The molecule has 2 aliphatic rings. The van der Waals surface area contributed by atoms with Gasteiger partial charge in [-0.3, -0.25) is 0 Å². The fourth-order valence-corrected chi connectivity index (χ4v) is 3.14. The first-order valence-electron chi connectivity index (χ1n) is 8.69. The summed E-state index contributed by atoms with van der Waals surface area (Å²) in [4.78, 5) is 20.9. The van der Waals surface area contributed by atoms with Gasteiger partial charge in [-0.2, -0.15) is 0 Å². The third-order valence-corrected chi connectivity index (χ3v) is 4.80. The third-order valence-electron chi connectivity index (χ3n) is 4.20. The SMILES string of the molecule is C=CC1=C(C)CC/C(Br)=C/N=C1N1CCN(C(=O)OC(C)(C)C)CC1. The molecule has 2 heterocycles. The van der Waals surface area contributed by atoms with Crippen molar-refractivity contribution in [2.75, 3.05) is 26.2 Å². The topological polar surface area (TPSA) is 45.1 Å². The van der Waals surface area contributed by atoms with Gasteiger partial charge in [0.15, 0.2) is 0 Å². The highest BCUT2D eigenvalue weighted by Gasteiger charge is 2.28. The molecule has 1 amide bonds. The Hall–Kier alpha value is -1.56. The van der Waals surface area contributed by atoms with Crippen LogP contribution < -0.4 is 0 Å². The summed E-state index contributed by atoms with van der Waals surface area (Å²) < 4.78 is 6.56. The largest absolute Gasteiger partial charge is 0.444 e. The van der Waals surface area contributed by atoms with Crippen LogP contribution in [0.25, 0.3) is 0 Å². The fourth-order valence-electron chi connectivity index (χ4n) is 2.84. The van der Waals surface area contributed by atoms with Gasteiger partial charge < -0.3 is 14.5 Å². The maximum absolute atomic E-state index is 12.2. The van der Waals surface area contributed by atoms with Crippen molar-refractivity contribution >= 4 is 27.9 Å². The summed E-state index contributed by atoms with van der Waals surface area (Å²) in [7, 11) is 0. The van der Waals surface area contributed by atoms with Crippen LogP contribution in [0.15, 0.2) is 39.5 Å². The molecule has 25 heavy (non-hydrogen) atoms. The molecule has 5 nitrogen and oxygen atoms in total. The van der Waals surface area contributed by atoms with Crippen LogP contribution in [-0.2, 0) is 4.74 Å². The van der Waals surface area contributed by atoms with Crippen LogP contribution >= 0.6 is 15.9 Å². The Kier molecular flexibility index (Phi) is 6.49. The molecule has 0 aromatic rings. The minimum Gasteiger partial charge on any atom is -0.444 e. The Morgan fingerprint density at radius 3 is 2.48 bits per heavy atom. The van der Waals surface area contributed by atoms with E-state index in [1.807, 2.05) is 33.0 Å². The van der Waals surface area contributed by atoms with E-state index in [0.29, 0.717) is 13.1 Å². The monoisotopic (exact) mass is 409 g/mol. The van der Waals surface area contributed by atoms with Gasteiger partial charge in [-0.25, -0.2) is 9.79 Å².